The highest BCUT2D eigenvalue weighted by molar-refractivity contribution is 6.35. The van der Waals surface area contributed by atoms with E-state index in [9.17, 15) is 5.11 Å². The van der Waals surface area contributed by atoms with Crippen molar-refractivity contribution in [3.63, 3.8) is 0 Å². The van der Waals surface area contributed by atoms with Gasteiger partial charge in [-0.25, -0.2) is 0 Å². The number of nitrogen functional groups attached to an aromatic ring is 1. The molecule has 0 amide bonds. The van der Waals surface area contributed by atoms with Gasteiger partial charge in [0.25, 0.3) is 0 Å². The van der Waals surface area contributed by atoms with Crippen molar-refractivity contribution in [1.29, 1.82) is 0 Å². The van der Waals surface area contributed by atoms with Gasteiger partial charge < -0.3 is 10.8 Å². The van der Waals surface area contributed by atoms with Gasteiger partial charge in [-0.3, -0.25) is 4.68 Å². The van der Waals surface area contributed by atoms with Crippen molar-refractivity contribution in [2.75, 3.05) is 5.73 Å². The number of nitrogens with two attached hydrogens (primary N) is 1. The third-order valence-corrected chi connectivity index (χ3v) is 3.68. The van der Waals surface area contributed by atoms with E-state index in [0.29, 0.717) is 27.7 Å². The Morgan fingerprint density at radius 1 is 1.15 bits per heavy atom. The van der Waals surface area contributed by atoms with Crippen molar-refractivity contribution in [2.45, 2.75) is 6.54 Å². The van der Waals surface area contributed by atoms with Crippen LogP contribution in [0.4, 0.5) is 5.69 Å². The van der Waals surface area contributed by atoms with Gasteiger partial charge in [-0.1, -0.05) is 29.3 Å². The molecule has 3 rings (SSSR count). The average molecular weight is 308 g/mol. The third kappa shape index (κ3) is 2.28. The van der Waals surface area contributed by atoms with E-state index < -0.39 is 0 Å². The SMILES string of the molecule is Nc1ccc2c(c1)c(O)nn2Cc1ccc(Cl)cc1Cl. The highest BCUT2D eigenvalue weighted by Crippen LogP contribution is 2.28. The van der Waals surface area contributed by atoms with Gasteiger partial charge in [-0.15, -0.1) is 5.10 Å². The molecule has 0 fully saturated rings. The lowest BCUT2D eigenvalue weighted by Crippen LogP contribution is -2.02. The molecule has 4 nitrogen and oxygen atoms in total. The van der Waals surface area contributed by atoms with E-state index in [4.69, 9.17) is 28.9 Å². The zero-order chi connectivity index (χ0) is 14.3. The minimum absolute atomic E-state index is 0.0441. The highest BCUT2D eigenvalue weighted by atomic mass is 35.5. The molecule has 0 unspecified atom stereocenters. The summed E-state index contributed by atoms with van der Waals surface area (Å²) in [6.07, 6.45) is 0. The number of nitrogens with zero attached hydrogens (tertiary/aromatic N) is 2. The maximum absolute atomic E-state index is 9.87. The number of anilines is 1. The lowest BCUT2D eigenvalue weighted by molar-refractivity contribution is 0.446. The molecule has 0 aliphatic carbocycles. The maximum Gasteiger partial charge on any atom is 0.238 e. The molecule has 20 heavy (non-hydrogen) atoms. The van der Waals surface area contributed by atoms with Crippen LogP contribution in [0, 0.1) is 0 Å². The molecular formula is C14H11Cl2N3O. The van der Waals surface area contributed by atoms with Crippen LogP contribution >= 0.6 is 23.2 Å². The smallest absolute Gasteiger partial charge is 0.238 e. The number of hydrogen-bond acceptors (Lipinski definition) is 3. The second-order valence-corrected chi connectivity index (χ2v) is 5.34. The van der Waals surface area contributed by atoms with E-state index in [2.05, 4.69) is 5.10 Å². The molecule has 102 valence electrons. The Labute approximate surface area is 125 Å². The Morgan fingerprint density at radius 2 is 1.95 bits per heavy atom. The monoisotopic (exact) mass is 307 g/mol. The predicted octanol–water partition coefficient (Wildman–Crippen LogP) is 3.68. The molecule has 0 aliphatic heterocycles. The van der Waals surface area contributed by atoms with Crippen molar-refractivity contribution >= 4 is 39.8 Å². The van der Waals surface area contributed by atoms with Crippen LogP contribution in [0.5, 0.6) is 5.88 Å². The van der Waals surface area contributed by atoms with Crippen molar-refractivity contribution in [2.24, 2.45) is 0 Å². The molecule has 0 aliphatic rings. The first-order chi connectivity index (χ1) is 9.54. The normalized spacial score (nSPS) is 11.1. The van der Waals surface area contributed by atoms with Gasteiger partial charge in [0, 0.05) is 15.7 Å². The minimum Gasteiger partial charge on any atom is -0.492 e. The molecule has 1 heterocycles. The van der Waals surface area contributed by atoms with E-state index in [1.54, 1.807) is 28.9 Å². The minimum atomic E-state index is -0.0441. The first-order valence-corrected chi connectivity index (χ1v) is 6.69. The topological polar surface area (TPSA) is 64.1 Å². The van der Waals surface area contributed by atoms with Crippen LogP contribution in [0.3, 0.4) is 0 Å². The zero-order valence-electron chi connectivity index (χ0n) is 10.3. The van der Waals surface area contributed by atoms with E-state index >= 15 is 0 Å². The summed E-state index contributed by atoms with van der Waals surface area (Å²) in [5.41, 5.74) is 7.96. The maximum atomic E-state index is 9.87. The fraction of sp³-hybridized carbons (Fsp3) is 0.0714. The van der Waals surface area contributed by atoms with Gasteiger partial charge in [0.05, 0.1) is 17.4 Å². The molecule has 0 atom stereocenters. The number of rotatable bonds is 2. The third-order valence-electron chi connectivity index (χ3n) is 3.09. The molecule has 2 aromatic carbocycles. The van der Waals surface area contributed by atoms with Gasteiger partial charge in [-0.05, 0) is 35.9 Å². The van der Waals surface area contributed by atoms with Gasteiger partial charge >= 0.3 is 0 Å². The van der Waals surface area contributed by atoms with Crippen molar-refractivity contribution in [1.82, 2.24) is 9.78 Å². The van der Waals surface area contributed by atoms with Gasteiger partial charge in [0.1, 0.15) is 0 Å². The quantitative estimate of drug-likeness (QED) is 0.710. The van der Waals surface area contributed by atoms with E-state index in [-0.39, 0.29) is 5.88 Å². The Balaban J connectivity index is 2.07. The van der Waals surface area contributed by atoms with Crippen molar-refractivity contribution < 1.29 is 5.11 Å². The van der Waals surface area contributed by atoms with Crippen LogP contribution in [-0.4, -0.2) is 14.9 Å². The zero-order valence-corrected chi connectivity index (χ0v) is 11.9. The van der Waals surface area contributed by atoms with Gasteiger partial charge in [0.2, 0.25) is 5.88 Å². The molecule has 3 aromatic rings. The molecule has 0 bridgehead atoms. The Morgan fingerprint density at radius 3 is 2.70 bits per heavy atom. The second kappa shape index (κ2) is 4.89. The standard InChI is InChI=1S/C14H11Cl2N3O/c15-9-2-1-8(12(16)5-9)7-19-13-4-3-10(17)6-11(13)14(20)18-19/h1-6H,7,17H2,(H,18,20). The van der Waals surface area contributed by atoms with Crippen LogP contribution < -0.4 is 5.73 Å². The van der Waals surface area contributed by atoms with E-state index in [1.807, 2.05) is 12.1 Å². The van der Waals surface area contributed by atoms with Crippen LogP contribution in [0.25, 0.3) is 10.9 Å². The second-order valence-electron chi connectivity index (χ2n) is 4.49. The summed E-state index contributed by atoms with van der Waals surface area (Å²) >= 11 is 12.0. The molecule has 0 saturated carbocycles. The van der Waals surface area contributed by atoms with Crippen LogP contribution in [0.2, 0.25) is 10.0 Å². The lowest BCUT2D eigenvalue weighted by Gasteiger charge is -2.06. The summed E-state index contributed by atoms with van der Waals surface area (Å²) in [5.74, 6) is -0.0441. The molecule has 0 radical (unpaired) electrons. The summed E-state index contributed by atoms with van der Waals surface area (Å²) in [4.78, 5) is 0. The van der Waals surface area contributed by atoms with Crippen molar-refractivity contribution in [3.05, 3.63) is 52.0 Å². The van der Waals surface area contributed by atoms with E-state index in [0.717, 1.165) is 11.1 Å². The molecule has 6 heteroatoms. The summed E-state index contributed by atoms with van der Waals surface area (Å²) < 4.78 is 1.68. The Hall–Kier alpha value is -1.91. The molecular weight excluding hydrogens is 297 g/mol. The molecule has 0 spiro atoms. The summed E-state index contributed by atoms with van der Waals surface area (Å²) in [5, 5.41) is 15.8. The van der Waals surface area contributed by atoms with Crippen LogP contribution in [-0.2, 0) is 6.54 Å². The number of halogens is 2. The van der Waals surface area contributed by atoms with Gasteiger partial charge in [-0.2, -0.15) is 0 Å². The fourth-order valence-corrected chi connectivity index (χ4v) is 2.58. The number of hydrogen-bond donors (Lipinski definition) is 2. The van der Waals surface area contributed by atoms with Crippen molar-refractivity contribution in [3.8, 4) is 5.88 Å². The number of benzene rings is 2. The largest absolute Gasteiger partial charge is 0.492 e. The summed E-state index contributed by atoms with van der Waals surface area (Å²) in [7, 11) is 0. The number of aromatic nitrogens is 2. The number of aromatic hydroxyl groups is 1. The van der Waals surface area contributed by atoms with Crippen LogP contribution in [0.1, 0.15) is 5.56 Å². The average Bonchev–Trinajstić information content (AvgIpc) is 2.69. The van der Waals surface area contributed by atoms with Gasteiger partial charge in [0.15, 0.2) is 0 Å². The van der Waals surface area contributed by atoms with Crippen LogP contribution in [0.15, 0.2) is 36.4 Å². The lowest BCUT2D eigenvalue weighted by atomic mass is 10.2. The van der Waals surface area contributed by atoms with E-state index in [1.165, 1.54) is 0 Å². The Bertz CT molecular complexity index is 798. The highest BCUT2D eigenvalue weighted by Gasteiger charge is 2.11. The predicted molar refractivity (Wildman–Crippen MR) is 81.4 cm³/mol. The summed E-state index contributed by atoms with van der Waals surface area (Å²) in [6, 6.07) is 10.6. The Kier molecular flexibility index (Phi) is 3.20. The molecule has 3 N–H and O–H groups in total. The summed E-state index contributed by atoms with van der Waals surface area (Å²) in [6.45, 7) is 0.441. The first-order valence-electron chi connectivity index (χ1n) is 5.93. The number of fused-ring (bicyclic) bond motifs is 1. The molecule has 0 saturated heterocycles. The first kappa shape index (κ1) is 13.1. The fourth-order valence-electron chi connectivity index (χ4n) is 2.11. The molecule has 1 aromatic heterocycles.